The van der Waals surface area contributed by atoms with Crippen LogP contribution >= 0.6 is 0 Å². The number of benzene rings is 1. The van der Waals surface area contributed by atoms with Crippen LogP contribution in [0.1, 0.15) is 52.5 Å². The molecular formula is C22H31NO7. The third-order valence-electron chi connectivity index (χ3n) is 4.21. The smallest absolute Gasteiger partial charge is 0.408 e. The van der Waals surface area contributed by atoms with Gasteiger partial charge in [0, 0.05) is 18.8 Å². The fraction of sp³-hybridized carbons (Fsp3) is 0.545. The monoisotopic (exact) mass is 421 g/mol. The Balaban J connectivity index is 2.54. The predicted molar refractivity (Wildman–Crippen MR) is 110 cm³/mol. The lowest BCUT2D eigenvalue weighted by atomic mass is 9.91. The average molecular weight is 421 g/mol. The number of carbonyl (C=O) groups is 4. The molecule has 0 spiro atoms. The summed E-state index contributed by atoms with van der Waals surface area (Å²) in [5, 5.41) is 11.6. The number of aliphatic hydroxyl groups is 1. The van der Waals surface area contributed by atoms with Crippen LogP contribution in [0, 0.1) is 5.92 Å². The number of aliphatic hydroxyl groups excluding tert-OH is 1. The Hall–Kier alpha value is -2.74. The number of ketones is 2. The van der Waals surface area contributed by atoms with Crippen molar-refractivity contribution < 1.29 is 33.8 Å². The average Bonchev–Trinajstić information content (AvgIpc) is 2.67. The Morgan fingerprint density at radius 1 is 1.07 bits per heavy atom. The van der Waals surface area contributed by atoms with Gasteiger partial charge >= 0.3 is 12.1 Å². The molecule has 0 radical (unpaired) electrons. The maximum Gasteiger partial charge on any atom is 0.408 e. The summed E-state index contributed by atoms with van der Waals surface area (Å²) in [6.45, 7) is 5.98. The number of hydrogen-bond donors (Lipinski definition) is 2. The summed E-state index contributed by atoms with van der Waals surface area (Å²) < 4.78 is 10.3. The highest BCUT2D eigenvalue weighted by Gasteiger charge is 2.27. The van der Waals surface area contributed by atoms with Gasteiger partial charge in [-0.3, -0.25) is 14.4 Å². The maximum absolute atomic E-state index is 12.4. The molecule has 2 N–H and O–H groups in total. The molecule has 0 unspecified atom stereocenters. The lowest BCUT2D eigenvalue weighted by molar-refractivity contribution is -0.145. The molecule has 1 amide bonds. The number of alkyl carbamates (subject to hydrolysis) is 1. The largest absolute Gasteiger partial charge is 0.461 e. The minimum absolute atomic E-state index is 0.0651. The van der Waals surface area contributed by atoms with Crippen molar-refractivity contribution >= 4 is 23.6 Å². The van der Waals surface area contributed by atoms with Crippen LogP contribution in [0.3, 0.4) is 0 Å². The predicted octanol–water partition coefficient (Wildman–Crippen LogP) is 2.56. The molecule has 0 saturated carbocycles. The van der Waals surface area contributed by atoms with Gasteiger partial charge in [-0.15, -0.1) is 0 Å². The first-order chi connectivity index (χ1) is 14.0. The second kappa shape index (κ2) is 12.1. The Morgan fingerprint density at radius 2 is 1.70 bits per heavy atom. The van der Waals surface area contributed by atoms with E-state index in [9.17, 15) is 24.3 Å². The van der Waals surface area contributed by atoms with Gasteiger partial charge in [0.15, 0.2) is 11.6 Å². The summed E-state index contributed by atoms with van der Waals surface area (Å²) in [4.78, 5) is 48.2. The van der Waals surface area contributed by atoms with E-state index in [0.29, 0.717) is 0 Å². The minimum Gasteiger partial charge on any atom is -0.461 e. The van der Waals surface area contributed by atoms with Crippen molar-refractivity contribution in [3.63, 3.8) is 0 Å². The molecule has 166 valence electrons. The highest BCUT2D eigenvalue weighted by molar-refractivity contribution is 5.92. The van der Waals surface area contributed by atoms with E-state index in [0.717, 1.165) is 5.56 Å². The normalized spacial score (nSPS) is 13.1. The van der Waals surface area contributed by atoms with Crippen LogP contribution in [0.5, 0.6) is 0 Å². The first kappa shape index (κ1) is 25.3. The fourth-order valence-electron chi connectivity index (χ4n) is 2.59. The number of hydrogen-bond acceptors (Lipinski definition) is 7. The van der Waals surface area contributed by atoms with Crippen LogP contribution in [0.2, 0.25) is 0 Å². The van der Waals surface area contributed by atoms with Crippen LogP contribution in [0.15, 0.2) is 30.3 Å². The van der Waals surface area contributed by atoms with Gasteiger partial charge in [-0.25, -0.2) is 4.79 Å². The Kier molecular flexibility index (Phi) is 10.2. The van der Waals surface area contributed by atoms with E-state index in [1.54, 1.807) is 20.8 Å². The van der Waals surface area contributed by atoms with Gasteiger partial charge in [0.05, 0.1) is 6.04 Å². The quantitative estimate of drug-likeness (QED) is 0.527. The van der Waals surface area contributed by atoms with E-state index >= 15 is 0 Å². The van der Waals surface area contributed by atoms with Crippen LogP contribution in [0.25, 0.3) is 0 Å². The number of nitrogens with one attached hydrogen (secondary N) is 1. The van der Waals surface area contributed by atoms with Crippen molar-refractivity contribution in [2.75, 3.05) is 6.61 Å². The SMILES string of the molecule is C[C@H](NC(=O)OC(C)(C)C)C(=O)C[C@@H](CCC(=O)OCc1ccccc1)C(=O)CO. The molecule has 0 aliphatic carbocycles. The van der Waals surface area contributed by atoms with Crippen LogP contribution < -0.4 is 5.32 Å². The first-order valence-electron chi connectivity index (χ1n) is 9.87. The lowest BCUT2D eigenvalue weighted by Crippen LogP contribution is -2.42. The van der Waals surface area contributed by atoms with Crippen molar-refractivity contribution in [2.24, 2.45) is 5.92 Å². The fourth-order valence-corrected chi connectivity index (χ4v) is 2.59. The summed E-state index contributed by atoms with van der Waals surface area (Å²) in [5.74, 6) is -2.27. The molecule has 0 fully saturated rings. The molecule has 8 nitrogen and oxygen atoms in total. The summed E-state index contributed by atoms with van der Waals surface area (Å²) >= 11 is 0. The molecule has 1 aromatic rings. The van der Waals surface area contributed by atoms with Gasteiger partial charge in [0.1, 0.15) is 18.8 Å². The van der Waals surface area contributed by atoms with Gasteiger partial charge in [0.25, 0.3) is 0 Å². The van der Waals surface area contributed by atoms with Crippen LogP contribution in [-0.2, 0) is 30.5 Å². The first-order valence-corrected chi connectivity index (χ1v) is 9.87. The number of esters is 1. The molecule has 0 heterocycles. The molecule has 2 atom stereocenters. The third kappa shape index (κ3) is 10.2. The Bertz CT molecular complexity index is 725. The van der Waals surface area contributed by atoms with E-state index in [-0.39, 0.29) is 25.9 Å². The Morgan fingerprint density at radius 3 is 2.27 bits per heavy atom. The van der Waals surface area contributed by atoms with Crippen LogP contribution in [0.4, 0.5) is 4.79 Å². The number of rotatable bonds is 11. The highest BCUT2D eigenvalue weighted by Crippen LogP contribution is 2.16. The summed E-state index contributed by atoms with van der Waals surface area (Å²) in [6, 6.07) is 8.28. The van der Waals surface area contributed by atoms with Crippen molar-refractivity contribution in [3.05, 3.63) is 35.9 Å². The molecule has 0 aliphatic heterocycles. The van der Waals surface area contributed by atoms with Crippen molar-refractivity contribution in [1.29, 1.82) is 0 Å². The van der Waals surface area contributed by atoms with E-state index in [2.05, 4.69) is 5.32 Å². The number of ether oxygens (including phenoxy) is 2. The summed E-state index contributed by atoms with van der Waals surface area (Å²) in [5.41, 5.74) is 0.133. The van der Waals surface area contributed by atoms with Crippen molar-refractivity contribution in [3.8, 4) is 0 Å². The van der Waals surface area contributed by atoms with Gasteiger partial charge in [-0.05, 0) is 39.7 Å². The molecule has 1 rings (SSSR count). The molecular weight excluding hydrogens is 390 g/mol. The van der Waals surface area contributed by atoms with Gasteiger partial charge in [0.2, 0.25) is 0 Å². The Labute approximate surface area is 176 Å². The standard InChI is InChI=1S/C22H31NO7/c1-15(23-21(28)30-22(2,3)4)18(25)12-17(19(26)13-24)10-11-20(27)29-14-16-8-6-5-7-9-16/h5-9,15,17,24H,10-14H2,1-4H3,(H,23,28)/t15-,17+/m0/s1. The number of amides is 1. The van der Waals surface area contributed by atoms with E-state index in [1.807, 2.05) is 30.3 Å². The zero-order chi connectivity index (χ0) is 22.7. The van der Waals surface area contributed by atoms with Crippen molar-refractivity contribution in [1.82, 2.24) is 5.32 Å². The van der Waals surface area contributed by atoms with E-state index in [4.69, 9.17) is 9.47 Å². The van der Waals surface area contributed by atoms with E-state index in [1.165, 1.54) is 6.92 Å². The van der Waals surface area contributed by atoms with Gasteiger partial charge < -0.3 is 19.9 Å². The maximum atomic E-state index is 12.4. The van der Waals surface area contributed by atoms with Gasteiger partial charge in [-0.1, -0.05) is 30.3 Å². The molecule has 0 aliphatic rings. The molecule has 1 aromatic carbocycles. The van der Waals surface area contributed by atoms with Crippen LogP contribution in [-0.4, -0.2) is 47.0 Å². The number of Topliss-reactive ketones (excluding diaryl/α,β-unsaturated/α-hetero) is 2. The second-order valence-electron chi connectivity index (χ2n) is 8.04. The zero-order valence-corrected chi connectivity index (χ0v) is 18.0. The molecule has 0 saturated heterocycles. The third-order valence-corrected chi connectivity index (χ3v) is 4.21. The van der Waals surface area contributed by atoms with Gasteiger partial charge in [-0.2, -0.15) is 0 Å². The second-order valence-corrected chi connectivity index (χ2v) is 8.04. The van der Waals surface area contributed by atoms with E-state index < -0.39 is 47.8 Å². The molecule has 8 heteroatoms. The molecule has 0 aromatic heterocycles. The zero-order valence-electron chi connectivity index (χ0n) is 18.0. The molecule has 0 bridgehead atoms. The molecule has 30 heavy (non-hydrogen) atoms. The summed E-state index contributed by atoms with van der Waals surface area (Å²) in [6.07, 6.45) is -0.942. The number of carbonyl (C=O) groups excluding carboxylic acids is 4. The summed E-state index contributed by atoms with van der Waals surface area (Å²) in [7, 11) is 0. The highest BCUT2D eigenvalue weighted by atomic mass is 16.6. The topological polar surface area (TPSA) is 119 Å². The minimum atomic E-state index is -0.876. The van der Waals surface area contributed by atoms with Crippen molar-refractivity contribution in [2.45, 2.75) is 65.2 Å². The lowest BCUT2D eigenvalue weighted by Gasteiger charge is -2.22.